The van der Waals surface area contributed by atoms with Crippen LogP contribution in [0.1, 0.15) is 5.56 Å². The van der Waals surface area contributed by atoms with Gasteiger partial charge in [0.05, 0.1) is 6.17 Å². The van der Waals surface area contributed by atoms with Crippen molar-refractivity contribution in [2.24, 2.45) is 0 Å². The second-order valence-corrected chi connectivity index (χ2v) is 6.46. The van der Waals surface area contributed by atoms with Gasteiger partial charge in [0.25, 0.3) is 0 Å². The fraction of sp³-hybridized carbons (Fsp3) is 0.455. The van der Waals surface area contributed by atoms with E-state index in [2.05, 4.69) is 24.4 Å². The molecule has 0 unspecified atom stereocenters. The molecule has 4 nitrogen and oxygen atoms in total. The molecule has 90 valence electrons. The van der Waals surface area contributed by atoms with Crippen molar-refractivity contribution in [2.75, 3.05) is 32.8 Å². The van der Waals surface area contributed by atoms with Gasteiger partial charge >= 0.3 is 8.80 Å². The van der Waals surface area contributed by atoms with Crippen molar-refractivity contribution in [2.45, 2.75) is 6.92 Å². The first-order chi connectivity index (χ1) is 7.65. The van der Waals surface area contributed by atoms with Gasteiger partial charge in [-0.05, 0) is 24.6 Å². The molecule has 5 heteroatoms. The van der Waals surface area contributed by atoms with Crippen LogP contribution in [-0.2, 0) is 13.3 Å². The van der Waals surface area contributed by atoms with Gasteiger partial charge in [0.2, 0.25) is 0 Å². The fourth-order valence-corrected chi connectivity index (χ4v) is 2.79. The number of rotatable bonds is 6. The molecule has 0 heterocycles. The molecule has 1 N–H and O–H groups in total. The maximum Gasteiger partial charge on any atom is 0.520 e. The summed E-state index contributed by atoms with van der Waals surface area (Å²) in [5.41, 5.74) is 2.26. The molecule has 0 saturated carbocycles. The number of aryl methyl sites for hydroxylation is 1. The van der Waals surface area contributed by atoms with Gasteiger partial charge in [0.1, 0.15) is 0 Å². The van der Waals surface area contributed by atoms with E-state index >= 15 is 0 Å². The van der Waals surface area contributed by atoms with Gasteiger partial charge in [-0.1, -0.05) is 12.1 Å². The first kappa shape index (κ1) is 13.2. The predicted molar refractivity (Wildman–Crippen MR) is 66.4 cm³/mol. The molecule has 0 amide bonds. The minimum absolute atomic E-state index is 0.556. The highest BCUT2D eigenvalue weighted by atomic mass is 28.4. The Bertz CT molecular complexity index is 320. The zero-order chi connectivity index (χ0) is 12.0. The third kappa shape index (κ3) is 3.31. The zero-order valence-corrected chi connectivity index (χ0v) is 11.2. The van der Waals surface area contributed by atoms with Crippen LogP contribution in [0, 0.1) is 6.92 Å². The van der Waals surface area contributed by atoms with Gasteiger partial charge in [-0.25, -0.2) is 0 Å². The predicted octanol–water partition coefficient (Wildman–Crippen LogP) is 1.82. The molecule has 0 aliphatic carbocycles. The highest BCUT2D eigenvalue weighted by molar-refractivity contribution is 6.61. The Morgan fingerprint density at radius 3 is 2.25 bits per heavy atom. The second kappa shape index (κ2) is 6.00. The summed E-state index contributed by atoms with van der Waals surface area (Å²) in [4.78, 5) is 0. The lowest BCUT2D eigenvalue weighted by molar-refractivity contribution is 0.127. The molecule has 0 saturated heterocycles. The van der Waals surface area contributed by atoms with Crippen LogP contribution in [0.3, 0.4) is 0 Å². The standard InChI is InChI=1S/C11H19NO3Si/c1-10-6-5-7-11(8-10)12-9-16(13-2,14-3)15-4/h5-8,12H,9H2,1-4H3. The maximum absolute atomic E-state index is 5.32. The molecule has 0 atom stereocenters. The smallest absolute Gasteiger partial charge is 0.381 e. The molecular weight excluding hydrogens is 222 g/mol. The van der Waals surface area contributed by atoms with E-state index in [9.17, 15) is 0 Å². The number of benzene rings is 1. The van der Waals surface area contributed by atoms with Gasteiger partial charge in [0.15, 0.2) is 0 Å². The topological polar surface area (TPSA) is 39.7 Å². The van der Waals surface area contributed by atoms with Gasteiger partial charge < -0.3 is 18.6 Å². The SMILES string of the molecule is CO[Si](CNc1cccc(C)c1)(OC)OC. The van der Waals surface area contributed by atoms with Gasteiger partial charge in [0, 0.05) is 27.0 Å². The summed E-state index contributed by atoms with van der Waals surface area (Å²) in [5, 5.41) is 3.27. The minimum Gasteiger partial charge on any atom is -0.381 e. The van der Waals surface area contributed by atoms with E-state index in [1.807, 2.05) is 12.1 Å². The summed E-state index contributed by atoms with van der Waals surface area (Å²) in [7, 11) is 2.30. The second-order valence-electron chi connectivity index (χ2n) is 3.52. The van der Waals surface area contributed by atoms with Crippen LogP contribution in [-0.4, -0.2) is 36.3 Å². The number of anilines is 1. The minimum atomic E-state index is -2.53. The van der Waals surface area contributed by atoms with Crippen LogP contribution in [0.2, 0.25) is 0 Å². The lowest BCUT2D eigenvalue weighted by Gasteiger charge is -2.24. The number of hydrogen-bond donors (Lipinski definition) is 1. The van der Waals surface area contributed by atoms with Crippen molar-refractivity contribution in [3.05, 3.63) is 29.8 Å². The molecule has 1 aromatic carbocycles. The molecular formula is C11H19NO3Si. The molecule has 1 rings (SSSR count). The van der Waals surface area contributed by atoms with Crippen molar-refractivity contribution in [1.82, 2.24) is 0 Å². The average Bonchev–Trinajstić information content (AvgIpc) is 2.32. The van der Waals surface area contributed by atoms with E-state index < -0.39 is 8.80 Å². The number of hydrogen-bond acceptors (Lipinski definition) is 4. The summed E-state index contributed by atoms with van der Waals surface area (Å²) in [5.74, 6) is 0. The van der Waals surface area contributed by atoms with E-state index in [-0.39, 0.29) is 0 Å². The van der Waals surface area contributed by atoms with Crippen molar-refractivity contribution >= 4 is 14.5 Å². The van der Waals surface area contributed by atoms with Gasteiger partial charge in [-0.15, -0.1) is 0 Å². The van der Waals surface area contributed by atoms with Gasteiger partial charge in [-0.2, -0.15) is 0 Å². The highest BCUT2D eigenvalue weighted by Crippen LogP contribution is 2.12. The first-order valence-electron chi connectivity index (χ1n) is 5.12. The summed E-state index contributed by atoms with van der Waals surface area (Å²) < 4.78 is 16.0. The van der Waals surface area contributed by atoms with E-state index in [0.29, 0.717) is 6.17 Å². The molecule has 0 aliphatic heterocycles. The Morgan fingerprint density at radius 1 is 1.12 bits per heavy atom. The van der Waals surface area contributed by atoms with Crippen molar-refractivity contribution < 1.29 is 13.3 Å². The Kier molecular flexibility index (Phi) is 4.95. The third-order valence-electron chi connectivity index (χ3n) is 2.46. The Hall–Kier alpha value is -0.883. The normalized spacial score (nSPS) is 11.5. The lowest BCUT2D eigenvalue weighted by atomic mass is 10.2. The molecule has 1 aromatic rings. The highest BCUT2D eigenvalue weighted by Gasteiger charge is 2.37. The molecule has 0 fully saturated rings. The summed E-state index contributed by atoms with van der Waals surface area (Å²) in [6.45, 7) is 2.05. The van der Waals surface area contributed by atoms with Crippen molar-refractivity contribution in [3.63, 3.8) is 0 Å². The molecule has 0 spiro atoms. The van der Waals surface area contributed by atoms with Crippen LogP contribution >= 0.6 is 0 Å². The Morgan fingerprint density at radius 2 is 1.75 bits per heavy atom. The maximum atomic E-state index is 5.32. The monoisotopic (exact) mass is 241 g/mol. The molecule has 0 bridgehead atoms. The average molecular weight is 241 g/mol. The zero-order valence-electron chi connectivity index (χ0n) is 10.2. The molecule has 0 aliphatic rings. The molecule has 0 radical (unpaired) electrons. The molecule has 0 aromatic heterocycles. The third-order valence-corrected chi connectivity index (χ3v) is 4.94. The largest absolute Gasteiger partial charge is 0.520 e. The van der Waals surface area contributed by atoms with E-state index in [1.54, 1.807) is 21.3 Å². The van der Waals surface area contributed by atoms with Crippen LogP contribution in [0.15, 0.2) is 24.3 Å². The van der Waals surface area contributed by atoms with E-state index in [0.717, 1.165) is 5.69 Å². The Balaban J connectivity index is 2.62. The van der Waals surface area contributed by atoms with Crippen molar-refractivity contribution in [3.8, 4) is 0 Å². The Labute approximate surface area is 97.9 Å². The van der Waals surface area contributed by atoms with Crippen LogP contribution < -0.4 is 5.32 Å². The van der Waals surface area contributed by atoms with E-state index in [4.69, 9.17) is 13.3 Å². The number of nitrogens with one attached hydrogen (secondary N) is 1. The van der Waals surface area contributed by atoms with Gasteiger partial charge in [-0.3, -0.25) is 0 Å². The van der Waals surface area contributed by atoms with Crippen molar-refractivity contribution in [1.29, 1.82) is 0 Å². The summed E-state index contributed by atoms with van der Waals surface area (Å²) in [6.07, 6.45) is 0.556. The van der Waals surface area contributed by atoms with E-state index in [1.165, 1.54) is 5.56 Å². The first-order valence-corrected chi connectivity index (χ1v) is 7.05. The van der Waals surface area contributed by atoms with Crippen LogP contribution in [0.4, 0.5) is 5.69 Å². The quantitative estimate of drug-likeness (QED) is 0.771. The lowest BCUT2D eigenvalue weighted by Crippen LogP contribution is -2.49. The summed E-state index contributed by atoms with van der Waals surface area (Å²) in [6, 6.07) is 8.14. The molecule has 16 heavy (non-hydrogen) atoms. The van der Waals surface area contributed by atoms with Crippen LogP contribution in [0.25, 0.3) is 0 Å². The fourth-order valence-electron chi connectivity index (χ4n) is 1.43. The van der Waals surface area contributed by atoms with Crippen LogP contribution in [0.5, 0.6) is 0 Å². The summed E-state index contributed by atoms with van der Waals surface area (Å²) >= 11 is 0.